The number of aromatic nitrogens is 3. The van der Waals surface area contributed by atoms with Crippen molar-refractivity contribution >= 4 is 0 Å². The standard InChI is InChI=1S/C31H36N3/c1-6-8-16-32-17-13-24(14-18-32)30-20-28-27(21-33(30)7-2)26-15-19-34(22-29(26)31(28,4)5)25-11-9-23(3)10-12-25/h9-15,17-22H,6-8,16H2,1-5H3/q+3. The van der Waals surface area contributed by atoms with E-state index in [-0.39, 0.29) is 5.41 Å². The second kappa shape index (κ2) is 8.79. The summed E-state index contributed by atoms with van der Waals surface area (Å²) < 4.78 is 6.95. The van der Waals surface area contributed by atoms with Crippen molar-refractivity contribution in [2.45, 2.75) is 66.0 Å². The van der Waals surface area contributed by atoms with Gasteiger partial charge < -0.3 is 0 Å². The third kappa shape index (κ3) is 3.83. The zero-order chi connectivity index (χ0) is 23.9. The summed E-state index contributed by atoms with van der Waals surface area (Å²) in [6.07, 6.45) is 13.8. The van der Waals surface area contributed by atoms with Crippen LogP contribution in [0.1, 0.15) is 57.2 Å². The van der Waals surface area contributed by atoms with E-state index >= 15 is 0 Å². The van der Waals surface area contributed by atoms with Crippen molar-refractivity contribution in [3.63, 3.8) is 0 Å². The monoisotopic (exact) mass is 450 g/mol. The summed E-state index contributed by atoms with van der Waals surface area (Å²) in [5.74, 6) is 0. The molecule has 4 aromatic rings. The van der Waals surface area contributed by atoms with E-state index in [2.05, 4.69) is 128 Å². The Morgan fingerprint density at radius 3 is 2.21 bits per heavy atom. The molecule has 0 atom stereocenters. The zero-order valence-corrected chi connectivity index (χ0v) is 21.2. The van der Waals surface area contributed by atoms with Crippen molar-refractivity contribution in [3.8, 4) is 28.1 Å². The molecular weight excluding hydrogens is 414 g/mol. The molecule has 0 amide bonds. The average Bonchev–Trinajstić information content (AvgIpc) is 3.08. The first-order chi connectivity index (χ1) is 16.4. The highest BCUT2D eigenvalue weighted by Crippen LogP contribution is 2.48. The Morgan fingerprint density at radius 1 is 0.794 bits per heavy atom. The highest BCUT2D eigenvalue weighted by atomic mass is 15.0. The number of hydrogen-bond donors (Lipinski definition) is 0. The largest absolute Gasteiger partial charge is 0.213 e. The van der Waals surface area contributed by atoms with Gasteiger partial charge in [0, 0.05) is 59.4 Å². The summed E-state index contributed by atoms with van der Waals surface area (Å²) in [6.45, 7) is 13.4. The molecule has 0 spiro atoms. The Kier molecular flexibility index (Phi) is 5.81. The van der Waals surface area contributed by atoms with Crippen LogP contribution in [-0.4, -0.2) is 0 Å². The minimum atomic E-state index is -0.0598. The first-order valence-electron chi connectivity index (χ1n) is 12.6. The molecule has 34 heavy (non-hydrogen) atoms. The van der Waals surface area contributed by atoms with Gasteiger partial charge in [0.15, 0.2) is 31.0 Å². The molecule has 3 nitrogen and oxygen atoms in total. The van der Waals surface area contributed by atoms with Gasteiger partial charge in [0.1, 0.15) is 13.1 Å². The van der Waals surface area contributed by atoms with Gasteiger partial charge in [-0.1, -0.05) is 44.9 Å². The van der Waals surface area contributed by atoms with E-state index in [0.29, 0.717) is 0 Å². The van der Waals surface area contributed by atoms with Crippen LogP contribution < -0.4 is 13.7 Å². The number of nitrogens with zero attached hydrogens (tertiary/aromatic N) is 3. The summed E-state index contributed by atoms with van der Waals surface area (Å²) in [5.41, 5.74) is 10.5. The van der Waals surface area contributed by atoms with Crippen LogP contribution in [0.2, 0.25) is 0 Å². The molecule has 0 radical (unpaired) electrons. The van der Waals surface area contributed by atoms with Gasteiger partial charge in [0.25, 0.3) is 0 Å². The molecular formula is C31H36N3+3. The first kappa shape index (κ1) is 22.5. The number of fused-ring (bicyclic) bond motifs is 3. The first-order valence-corrected chi connectivity index (χ1v) is 12.6. The maximum Gasteiger partial charge on any atom is 0.213 e. The normalized spacial score (nSPS) is 13.6. The van der Waals surface area contributed by atoms with Crippen LogP contribution in [0.5, 0.6) is 0 Å². The van der Waals surface area contributed by atoms with Crippen molar-refractivity contribution in [1.29, 1.82) is 0 Å². The molecule has 3 heterocycles. The summed E-state index contributed by atoms with van der Waals surface area (Å²) in [7, 11) is 0. The van der Waals surface area contributed by atoms with Crippen LogP contribution in [0.4, 0.5) is 0 Å². The molecule has 0 unspecified atom stereocenters. The summed E-state index contributed by atoms with van der Waals surface area (Å²) in [6, 6.07) is 18.0. The summed E-state index contributed by atoms with van der Waals surface area (Å²) in [4.78, 5) is 0. The average molecular weight is 451 g/mol. The lowest BCUT2D eigenvalue weighted by atomic mass is 9.83. The molecule has 1 aromatic carbocycles. The van der Waals surface area contributed by atoms with Gasteiger partial charge in [-0.25, -0.2) is 4.57 Å². The third-order valence-electron chi connectivity index (χ3n) is 7.39. The lowest BCUT2D eigenvalue weighted by Gasteiger charge is -2.20. The second-order valence-electron chi connectivity index (χ2n) is 10.1. The van der Waals surface area contributed by atoms with Crippen molar-refractivity contribution in [3.05, 3.63) is 96.2 Å². The maximum atomic E-state index is 2.43. The number of benzene rings is 1. The zero-order valence-electron chi connectivity index (χ0n) is 21.2. The van der Waals surface area contributed by atoms with Gasteiger partial charge in [0.05, 0.1) is 11.1 Å². The van der Waals surface area contributed by atoms with E-state index < -0.39 is 0 Å². The molecule has 3 heteroatoms. The predicted molar refractivity (Wildman–Crippen MR) is 137 cm³/mol. The van der Waals surface area contributed by atoms with Crippen LogP contribution in [0, 0.1) is 6.92 Å². The number of aryl methyl sites for hydroxylation is 3. The van der Waals surface area contributed by atoms with E-state index in [4.69, 9.17) is 0 Å². The topological polar surface area (TPSA) is 11.6 Å². The van der Waals surface area contributed by atoms with Gasteiger partial charge in [-0.15, -0.1) is 0 Å². The van der Waals surface area contributed by atoms with Crippen molar-refractivity contribution in [2.24, 2.45) is 0 Å². The van der Waals surface area contributed by atoms with Gasteiger partial charge in [-0.05, 0) is 19.4 Å². The lowest BCUT2D eigenvalue weighted by molar-refractivity contribution is -0.697. The fraction of sp³-hybridized carbons (Fsp3) is 0.323. The molecule has 0 aliphatic heterocycles. The molecule has 3 aromatic heterocycles. The number of rotatable bonds is 6. The van der Waals surface area contributed by atoms with Gasteiger partial charge in [0.2, 0.25) is 11.4 Å². The minimum Gasteiger partial charge on any atom is -0.205 e. The molecule has 0 saturated carbocycles. The molecule has 1 aliphatic rings. The number of pyridine rings is 3. The van der Waals surface area contributed by atoms with Gasteiger partial charge in [-0.3, -0.25) is 0 Å². The fourth-order valence-electron chi connectivity index (χ4n) is 5.20. The summed E-state index contributed by atoms with van der Waals surface area (Å²) in [5, 5.41) is 0. The molecule has 0 fully saturated rings. The van der Waals surface area contributed by atoms with Gasteiger partial charge in [-0.2, -0.15) is 9.13 Å². The molecule has 0 saturated heterocycles. The van der Waals surface area contributed by atoms with E-state index in [0.717, 1.165) is 13.1 Å². The van der Waals surface area contributed by atoms with Crippen LogP contribution in [0.3, 0.4) is 0 Å². The Hall–Kier alpha value is -3.33. The SMILES string of the molecule is CCCC[n+]1ccc(-c2cc3c(c[n+]2CC)-c2cc[n+](-c4ccc(C)cc4)cc2C3(C)C)cc1. The Bertz CT molecular complexity index is 1330. The molecule has 5 rings (SSSR count). The highest BCUT2D eigenvalue weighted by Gasteiger charge is 2.40. The Balaban J connectivity index is 1.58. The van der Waals surface area contributed by atoms with Crippen LogP contribution in [0.25, 0.3) is 28.1 Å². The van der Waals surface area contributed by atoms with E-state index in [1.54, 1.807) is 0 Å². The Morgan fingerprint density at radius 2 is 1.53 bits per heavy atom. The van der Waals surface area contributed by atoms with Crippen LogP contribution >= 0.6 is 0 Å². The third-order valence-corrected chi connectivity index (χ3v) is 7.39. The second-order valence-corrected chi connectivity index (χ2v) is 10.1. The lowest BCUT2D eigenvalue weighted by Crippen LogP contribution is -2.36. The number of hydrogen-bond acceptors (Lipinski definition) is 0. The van der Waals surface area contributed by atoms with E-state index in [9.17, 15) is 0 Å². The smallest absolute Gasteiger partial charge is 0.205 e. The van der Waals surface area contributed by atoms with Crippen molar-refractivity contribution in [1.82, 2.24) is 0 Å². The fourth-order valence-corrected chi connectivity index (χ4v) is 5.20. The number of unbranched alkanes of at least 4 members (excludes halogenated alkanes) is 1. The maximum absolute atomic E-state index is 2.43. The van der Waals surface area contributed by atoms with Crippen LogP contribution in [-0.2, 0) is 18.5 Å². The quantitative estimate of drug-likeness (QED) is 0.337. The van der Waals surface area contributed by atoms with Crippen molar-refractivity contribution in [2.75, 3.05) is 0 Å². The van der Waals surface area contributed by atoms with E-state index in [1.807, 2.05) is 0 Å². The molecule has 0 N–H and O–H groups in total. The summed E-state index contributed by atoms with van der Waals surface area (Å²) >= 11 is 0. The van der Waals surface area contributed by atoms with Gasteiger partial charge >= 0.3 is 0 Å². The van der Waals surface area contributed by atoms with Crippen LogP contribution in [0.15, 0.2) is 79.5 Å². The highest BCUT2D eigenvalue weighted by molar-refractivity contribution is 5.80. The minimum absolute atomic E-state index is 0.0598. The molecule has 1 aliphatic carbocycles. The van der Waals surface area contributed by atoms with Crippen molar-refractivity contribution < 1.29 is 13.7 Å². The molecule has 172 valence electrons. The van der Waals surface area contributed by atoms with E-state index in [1.165, 1.54) is 57.6 Å². The predicted octanol–water partition coefficient (Wildman–Crippen LogP) is 5.64. The Labute approximate surface area is 204 Å². The molecule has 0 bridgehead atoms.